The number of rotatable bonds is 11. The van der Waals surface area contributed by atoms with E-state index >= 15 is 0 Å². The van der Waals surface area contributed by atoms with Gasteiger partial charge in [-0.25, -0.2) is 4.98 Å². The maximum atomic E-state index is 12.1. The largest absolute Gasteiger partial charge is 0.497 e. The fourth-order valence-corrected chi connectivity index (χ4v) is 4.47. The number of carbonyl (C=O) groups excluding carboxylic acids is 2. The van der Waals surface area contributed by atoms with Crippen molar-refractivity contribution in [3.05, 3.63) is 71.2 Å². The average molecular weight is 456 g/mol. The Bertz CT molecular complexity index is 975. The van der Waals surface area contributed by atoms with Gasteiger partial charge in [0.1, 0.15) is 5.75 Å². The van der Waals surface area contributed by atoms with E-state index < -0.39 is 0 Å². The molecule has 8 heteroatoms. The van der Waals surface area contributed by atoms with Crippen molar-refractivity contribution in [2.75, 3.05) is 24.7 Å². The van der Waals surface area contributed by atoms with E-state index in [1.54, 1.807) is 31.4 Å². The van der Waals surface area contributed by atoms with E-state index in [0.29, 0.717) is 6.54 Å². The first-order valence-corrected chi connectivity index (χ1v) is 11.8. The molecule has 0 aliphatic rings. The number of hydrogen-bond donors (Lipinski definition) is 2. The lowest BCUT2D eigenvalue weighted by Crippen LogP contribution is -2.26. The number of thioether (sulfide) groups is 1. The monoisotopic (exact) mass is 455 g/mol. The first-order chi connectivity index (χ1) is 15.1. The lowest BCUT2D eigenvalue weighted by molar-refractivity contribution is -0.120. The van der Waals surface area contributed by atoms with Gasteiger partial charge >= 0.3 is 0 Å². The van der Waals surface area contributed by atoms with Crippen molar-refractivity contribution < 1.29 is 14.3 Å². The van der Waals surface area contributed by atoms with Crippen LogP contribution < -0.4 is 15.4 Å². The molecular formula is C23H25N3O3S2. The molecule has 0 saturated heterocycles. The van der Waals surface area contributed by atoms with Crippen molar-refractivity contribution in [3.8, 4) is 5.75 Å². The van der Waals surface area contributed by atoms with Crippen molar-refractivity contribution in [2.45, 2.75) is 23.6 Å². The smallest absolute Gasteiger partial charge is 0.234 e. The minimum Gasteiger partial charge on any atom is -0.497 e. The van der Waals surface area contributed by atoms with Gasteiger partial charge in [0.15, 0.2) is 4.34 Å². The normalized spacial score (nSPS) is 10.5. The Morgan fingerprint density at radius 3 is 2.58 bits per heavy atom. The van der Waals surface area contributed by atoms with Gasteiger partial charge in [-0.05, 0) is 42.7 Å². The Hall–Kier alpha value is -2.84. The lowest BCUT2D eigenvalue weighted by Gasteiger charge is -2.05. The molecule has 0 saturated carbocycles. The third-order valence-electron chi connectivity index (χ3n) is 4.38. The second kappa shape index (κ2) is 12.1. The maximum Gasteiger partial charge on any atom is 0.234 e. The number of methoxy groups -OCH3 is 1. The number of ether oxygens (including phenoxy) is 1. The molecule has 2 amide bonds. The number of thiazole rings is 1. The van der Waals surface area contributed by atoms with Gasteiger partial charge in [0, 0.05) is 17.6 Å². The van der Waals surface area contributed by atoms with Gasteiger partial charge < -0.3 is 15.4 Å². The Morgan fingerprint density at radius 2 is 1.84 bits per heavy atom. The molecule has 31 heavy (non-hydrogen) atoms. The molecule has 6 nitrogen and oxygen atoms in total. The Kier molecular flexibility index (Phi) is 8.93. The summed E-state index contributed by atoms with van der Waals surface area (Å²) in [4.78, 5) is 28.7. The highest BCUT2D eigenvalue weighted by Crippen LogP contribution is 2.23. The number of nitrogens with zero attached hydrogens (tertiary/aromatic N) is 1. The van der Waals surface area contributed by atoms with Gasteiger partial charge in [0.25, 0.3) is 0 Å². The highest BCUT2D eigenvalue weighted by atomic mass is 32.2. The van der Waals surface area contributed by atoms with Gasteiger partial charge in [0.2, 0.25) is 11.8 Å². The van der Waals surface area contributed by atoms with Crippen molar-refractivity contribution in [3.63, 3.8) is 0 Å². The summed E-state index contributed by atoms with van der Waals surface area (Å²) in [7, 11) is 1.60. The predicted molar refractivity (Wildman–Crippen MR) is 126 cm³/mol. The Morgan fingerprint density at radius 1 is 1.06 bits per heavy atom. The average Bonchev–Trinajstić information content (AvgIpc) is 3.24. The van der Waals surface area contributed by atoms with Crippen LogP contribution in [0, 0.1) is 0 Å². The number of aryl methyl sites for hydroxylation is 1. The standard InChI is InChI=1S/C23H25N3O3S2/c1-29-20-11-9-18(10-12-20)25-22(28)16-31-23-26-19(15-30-23)14-21(27)24-13-5-8-17-6-3-2-4-7-17/h2-4,6-7,9-12,15H,5,8,13-14,16H2,1H3,(H,24,27)(H,25,28). The molecule has 162 valence electrons. The molecule has 0 radical (unpaired) electrons. The molecule has 3 aromatic rings. The van der Waals surface area contributed by atoms with Gasteiger partial charge in [-0.3, -0.25) is 9.59 Å². The fourth-order valence-electron chi connectivity index (χ4n) is 2.83. The van der Waals surface area contributed by atoms with E-state index in [1.807, 2.05) is 23.6 Å². The quantitative estimate of drug-likeness (QED) is 0.335. The van der Waals surface area contributed by atoms with E-state index in [1.165, 1.54) is 28.7 Å². The van der Waals surface area contributed by atoms with Gasteiger partial charge in [-0.1, -0.05) is 42.1 Å². The van der Waals surface area contributed by atoms with Gasteiger partial charge in [0.05, 0.1) is 25.0 Å². The van der Waals surface area contributed by atoms with Crippen LogP contribution >= 0.6 is 23.1 Å². The molecule has 2 N–H and O–H groups in total. The molecule has 0 aliphatic carbocycles. The topological polar surface area (TPSA) is 80.3 Å². The van der Waals surface area contributed by atoms with Crippen LogP contribution in [0.1, 0.15) is 17.7 Å². The number of hydrogen-bond acceptors (Lipinski definition) is 6. The SMILES string of the molecule is COc1ccc(NC(=O)CSc2nc(CC(=O)NCCCc3ccccc3)cs2)cc1. The summed E-state index contributed by atoms with van der Waals surface area (Å²) in [6, 6.07) is 17.4. The Balaban J connectivity index is 1.34. The molecule has 3 rings (SSSR count). The van der Waals surface area contributed by atoms with Crippen LogP contribution in [-0.4, -0.2) is 36.2 Å². The first kappa shape index (κ1) is 22.8. The van der Waals surface area contributed by atoms with Crippen molar-refractivity contribution in [2.24, 2.45) is 0 Å². The minimum atomic E-state index is -0.108. The molecule has 0 unspecified atom stereocenters. The second-order valence-corrected chi connectivity index (χ2v) is 8.87. The number of anilines is 1. The molecule has 0 spiro atoms. The summed E-state index contributed by atoms with van der Waals surface area (Å²) in [6.07, 6.45) is 2.09. The number of amides is 2. The van der Waals surface area contributed by atoms with Crippen LogP contribution in [-0.2, 0) is 22.4 Å². The van der Waals surface area contributed by atoms with Crippen LogP contribution in [0.4, 0.5) is 5.69 Å². The van der Waals surface area contributed by atoms with Gasteiger partial charge in [-0.2, -0.15) is 0 Å². The molecule has 1 heterocycles. The molecular weight excluding hydrogens is 430 g/mol. The van der Waals surface area contributed by atoms with Gasteiger partial charge in [-0.15, -0.1) is 11.3 Å². The van der Waals surface area contributed by atoms with E-state index in [4.69, 9.17) is 4.74 Å². The zero-order valence-corrected chi connectivity index (χ0v) is 18.9. The lowest BCUT2D eigenvalue weighted by atomic mass is 10.1. The number of aromatic nitrogens is 1. The van der Waals surface area contributed by atoms with E-state index in [0.717, 1.165) is 34.3 Å². The highest BCUT2D eigenvalue weighted by molar-refractivity contribution is 8.01. The van der Waals surface area contributed by atoms with Crippen LogP contribution in [0.2, 0.25) is 0 Å². The summed E-state index contributed by atoms with van der Waals surface area (Å²) in [5, 5.41) is 7.65. The summed E-state index contributed by atoms with van der Waals surface area (Å²) in [6.45, 7) is 0.644. The van der Waals surface area contributed by atoms with E-state index in [-0.39, 0.29) is 24.0 Å². The summed E-state index contributed by atoms with van der Waals surface area (Å²) in [5.74, 6) is 0.850. The number of benzene rings is 2. The van der Waals surface area contributed by atoms with Crippen molar-refractivity contribution in [1.29, 1.82) is 0 Å². The summed E-state index contributed by atoms with van der Waals surface area (Å²) < 4.78 is 5.88. The van der Waals surface area contributed by atoms with Crippen LogP contribution in [0.25, 0.3) is 0 Å². The fraction of sp³-hybridized carbons (Fsp3) is 0.261. The highest BCUT2D eigenvalue weighted by Gasteiger charge is 2.10. The van der Waals surface area contributed by atoms with Crippen LogP contribution in [0.5, 0.6) is 5.75 Å². The van der Waals surface area contributed by atoms with Crippen molar-refractivity contribution in [1.82, 2.24) is 10.3 Å². The second-order valence-electron chi connectivity index (χ2n) is 6.79. The maximum absolute atomic E-state index is 12.1. The number of carbonyl (C=O) groups is 2. The zero-order valence-electron chi connectivity index (χ0n) is 17.3. The molecule has 2 aromatic carbocycles. The predicted octanol–water partition coefficient (Wildman–Crippen LogP) is 4.17. The molecule has 1 aromatic heterocycles. The zero-order chi connectivity index (χ0) is 21.9. The van der Waals surface area contributed by atoms with Crippen LogP contribution in [0.3, 0.4) is 0 Å². The minimum absolute atomic E-state index is 0.0350. The van der Waals surface area contributed by atoms with E-state index in [9.17, 15) is 9.59 Å². The summed E-state index contributed by atoms with van der Waals surface area (Å²) >= 11 is 2.81. The molecule has 0 aliphatic heterocycles. The number of nitrogens with one attached hydrogen (secondary N) is 2. The van der Waals surface area contributed by atoms with E-state index in [2.05, 4.69) is 27.8 Å². The third kappa shape index (κ3) is 8.07. The Labute approximate surface area is 190 Å². The molecule has 0 atom stereocenters. The molecule has 0 fully saturated rings. The molecule has 0 bridgehead atoms. The first-order valence-electron chi connectivity index (χ1n) is 9.94. The van der Waals surface area contributed by atoms with Crippen LogP contribution in [0.15, 0.2) is 64.3 Å². The third-order valence-corrected chi connectivity index (χ3v) is 6.45. The summed E-state index contributed by atoms with van der Waals surface area (Å²) in [5.41, 5.74) is 2.72. The van der Waals surface area contributed by atoms with Crippen molar-refractivity contribution >= 4 is 40.6 Å².